The summed E-state index contributed by atoms with van der Waals surface area (Å²) in [7, 11) is 0. The first kappa shape index (κ1) is 13.1. The van der Waals surface area contributed by atoms with Crippen LogP contribution in [0.1, 0.15) is 22.4 Å². The van der Waals surface area contributed by atoms with Crippen molar-refractivity contribution < 1.29 is 18.1 Å². The number of nitrogens with zero attached hydrogens (tertiary/aromatic N) is 1. The molecule has 1 aliphatic rings. The maximum Gasteiger partial charge on any atom is 0.417 e. The molecule has 0 amide bonds. The molecule has 20 heavy (non-hydrogen) atoms. The van der Waals surface area contributed by atoms with Crippen molar-refractivity contribution in [3.05, 3.63) is 65.0 Å². The largest absolute Gasteiger partial charge is 0.417 e. The van der Waals surface area contributed by atoms with Crippen molar-refractivity contribution in [2.24, 2.45) is 0 Å². The molecule has 0 saturated heterocycles. The summed E-state index contributed by atoms with van der Waals surface area (Å²) in [6, 6.07) is 11.2. The molecular weight excluding hydrogens is 265 g/mol. The van der Waals surface area contributed by atoms with E-state index in [4.69, 9.17) is 0 Å². The second kappa shape index (κ2) is 4.90. The van der Waals surface area contributed by atoms with Gasteiger partial charge in [-0.2, -0.15) is 13.2 Å². The van der Waals surface area contributed by atoms with Crippen LogP contribution in [-0.4, -0.2) is 4.98 Å². The normalized spacial score (nSPS) is 18.1. The van der Waals surface area contributed by atoms with Gasteiger partial charge in [-0.15, -0.1) is 0 Å². The molecular formula is C15H14F3N2+. The number of halogens is 3. The van der Waals surface area contributed by atoms with Gasteiger partial charge in [0.2, 0.25) is 0 Å². The molecule has 3 rings (SSSR count). The second-order valence-corrected chi connectivity index (χ2v) is 5.09. The molecule has 5 heteroatoms. The van der Waals surface area contributed by atoms with Crippen LogP contribution in [0.2, 0.25) is 0 Å². The summed E-state index contributed by atoms with van der Waals surface area (Å²) in [5.41, 5.74) is 2.03. The van der Waals surface area contributed by atoms with Crippen LogP contribution in [0.15, 0.2) is 42.6 Å². The highest BCUT2D eigenvalue weighted by Crippen LogP contribution is 2.30. The van der Waals surface area contributed by atoms with Crippen LogP contribution in [-0.2, 0) is 25.8 Å². The Kier molecular flexibility index (Phi) is 3.22. The molecule has 1 aromatic carbocycles. The molecule has 1 aliphatic heterocycles. The summed E-state index contributed by atoms with van der Waals surface area (Å²) in [5, 5.41) is 0. The molecule has 0 bridgehead atoms. The number of aromatic nitrogens is 1. The van der Waals surface area contributed by atoms with Crippen LogP contribution in [0.4, 0.5) is 13.2 Å². The number of quaternary nitrogens is 1. The number of pyridine rings is 1. The molecule has 0 radical (unpaired) electrons. The smallest absolute Gasteiger partial charge is 0.322 e. The number of nitrogens with one attached hydrogen (secondary N) is 1. The van der Waals surface area contributed by atoms with Crippen LogP contribution >= 0.6 is 0 Å². The van der Waals surface area contributed by atoms with E-state index < -0.39 is 11.7 Å². The number of hydrogen-bond donors (Lipinski definition) is 1. The number of alkyl halides is 3. The molecule has 1 atom stereocenters. The van der Waals surface area contributed by atoms with E-state index in [0.29, 0.717) is 18.7 Å². The van der Waals surface area contributed by atoms with Gasteiger partial charge >= 0.3 is 6.18 Å². The van der Waals surface area contributed by atoms with E-state index in [-0.39, 0.29) is 0 Å². The van der Waals surface area contributed by atoms with E-state index in [1.54, 1.807) is 0 Å². The van der Waals surface area contributed by atoms with E-state index in [1.165, 1.54) is 16.5 Å². The van der Waals surface area contributed by atoms with Gasteiger partial charge in [-0.05, 0) is 6.07 Å². The molecule has 2 nitrogen and oxygen atoms in total. The van der Waals surface area contributed by atoms with E-state index in [1.807, 2.05) is 30.3 Å². The Labute approximate surface area is 114 Å². The Morgan fingerprint density at radius 1 is 1.10 bits per heavy atom. The third kappa shape index (κ3) is 2.67. The van der Waals surface area contributed by atoms with Crippen LogP contribution in [0.3, 0.4) is 0 Å². The minimum absolute atomic E-state index is 0.598. The van der Waals surface area contributed by atoms with E-state index in [9.17, 15) is 13.2 Å². The average molecular weight is 279 g/mol. The Morgan fingerprint density at radius 3 is 2.55 bits per heavy atom. The van der Waals surface area contributed by atoms with E-state index in [2.05, 4.69) is 4.98 Å². The lowest BCUT2D eigenvalue weighted by Crippen LogP contribution is -3.06. The number of hydrogen-bond acceptors (Lipinski definition) is 1. The van der Waals surface area contributed by atoms with Crippen molar-refractivity contribution in [1.82, 2.24) is 4.98 Å². The summed E-state index contributed by atoms with van der Waals surface area (Å²) < 4.78 is 38.0. The molecule has 104 valence electrons. The maximum absolute atomic E-state index is 12.7. The first-order valence-electron chi connectivity index (χ1n) is 6.45. The summed E-state index contributed by atoms with van der Waals surface area (Å²) in [4.78, 5) is 5.20. The lowest BCUT2D eigenvalue weighted by Gasteiger charge is -2.11. The quantitative estimate of drug-likeness (QED) is 0.892. The van der Waals surface area contributed by atoms with Crippen molar-refractivity contribution in [3.63, 3.8) is 0 Å². The lowest BCUT2D eigenvalue weighted by molar-refractivity contribution is -0.934. The number of rotatable bonds is 2. The highest BCUT2D eigenvalue weighted by Gasteiger charge is 2.34. The Hall–Kier alpha value is -1.88. The van der Waals surface area contributed by atoms with Crippen LogP contribution < -0.4 is 4.90 Å². The molecule has 1 unspecified atom stereocenters. The zero-order valence-electron chi connectivity index (χ0n) is 10.7. The van der Waals surface area contributed by atoms with Crippen molar-refractivity contribution >= 4 is 0 Å². The highest BCUT2D eigenvalue weighted by atomic mass is 19.4. The van der Waals surface area contributed by atoms with Crippen molar-refractivity contribution in [2.75, 3.05) is 0 Å². The van der Waals surface area contributed by atoms with Gasteiger partial charge in [-0.25, -0.2) is 0 Å². The Morgan fingerprint density at radius 2 is 1.85 bits per heavy atom. The minimum atomic E-state index is -4.32. The predicted octanol–water partition coefficient (Wildman–Crippen LogP) is 2.20. The summed E-state index contributed by atoms with van der Waals surface area (Å²) in [5.74, 6) is 0. The van der Waals surface area contributed by atoms with Crippen molar-refractivity contribution in [3.8, 4) is 0 Å². The van der Waals surface area contributed by atoms with Gasteiger partial charge in [-0.1, -0.05) is 30.3 Å². The van der Waals surface area contributed by atoms with Crippen LogP contribution in [0.5, 0.6) is 0 Å². The number of fused-ring (bicyclic) bond motifs is 1. The van der Waals surface area contributed by atoms with Crippen molar-refractivity contribution in [2.45, 2.75) is 25.8 Å². The van der Waals surface area contributed by atoms with Crippen LogP contribution in [0, 0.1) is 0 Å². The van der Waals surface area contributed by atoms with Crippen LogP contribution in [0.25, 0.3) is 0 Å². The van der Waals surface area contributed by atoms with Gasteiger partial charge in [0.25, 0.3) is 0 Å². The first-order chi connectivity index (χ1) is 9.52. The molecule has 2 aromatic rings. The SMILES string of the molecule is FC(F)(F)c1cnc2c(c1)C[NH+](Cc1ccccc1)C2. The third-order valence-electron chi connectivity index (χ3n) is 3.54. The monoisotopic (exact) mass is 279 g/mol. The average Bonchev–Trinajstić information content (AvgIpc) is 2.80. The molecule has 2 heterocycles. The second-order valence-electron chi connectivity index (χ2n) is 5.09. The molecule has 0 aliphatic carbocycles. The summed E-state index contributed by atoms with van der Waals surface area (Å²) >= 11 is 0. The molecule has 1 aromatic heterocycles. The molecule has 0 fully saturated rings. The summed E-state index contributed by atoms with van der Waals surface area (Å²) in [6.07, 6.45) is -3.38. The predicted molar refractivity (Wildman–Crippen MR) is 67.8 cm³/mol. The van der Waals surface area contributed by atoms with Gasteiger partial charge in [-0.3, -0.25) is 4.98 Å². The standard InChI is InChI=1S/C15H13F3N2/c16-15(17,18)13-6-12-9-20(10-14(12)19-7-13)8-11-4-2-1-3-5-11/h1-7H,8-10H2/p+1. The van der Waals surface area contributed by atoms with E-state index >= 15 is 0 Å². The van der Waals surface area contributed by atoms with Gasteiger partial charge < -0.3 is 4.90 Å². The van der Waals surface area contributed by atoms with Gasteiger partial charge in [0.1, 0.15) is 25.3 Å². The Balaban J connectivity index is 1.76. The number of benzene rings is 1. The summed E-state index contributed by atoms with van der Waals surface area (Å²) in [6.45, 7) is 2.09. The third-order valence-corrected chi connectivity index (χ3v) is 3.54. The molecule has 0 saturated carbocycles. The zero-order valence-corrected chi connectivity index (χ0v) is 10.7. The van der Waals surface area contributed by atoms with Crippen molar-refractivity contribution in [1.29, 1.82) is 0 Å². The van der Waals surface area contributed by atoms with Gasteiger partial charge in [0.05, 0.1) is 5.56 Å². The fraction of sp³-hybridized carbons (Fsp3) is 0.267. The van der Waals surface area contributed by atoms with E-state index in [0.717, 1.165) is 18.4 Å². The first-order valence-corrected chi connectivity index (χ1v) is 6.45. The van der Waals surface area contributed by atoms with Gasteiger partial charge in [0.15, 0.2) is 0 Å². The fourth-order valence-corrected chi connectivity index (χ4v) is 2.58. The molecule has 1 N–H and O–H groups in total. The topological polar surface area (TPSA) is 17.3 Å². The van der Waals surface area contributed by atoms with Gasteiger partial charge in [0, 0.05) is 17.3 Å². The lowest BCUT2D eigenvalue weighted by atomic mass is 10.1. The minimum Gasteiger partial charge on any atom is -0.322 e. The fourth-order valence-electron chi connectivity index (χ4n) is 2.58. The molecule has 0 spiro atoms. The Bertz CT molecular complexity index is 608. The zero-order chi connectivity index (χ0) is 14.2. The maximum atomic E-state index is 12.7. The highest BCUT2D eigenvalue weighted by molar-refractivity contribution is 5.27.